The molecule has 1 aromatic carbocycles. The molecule has 0 saturated carbocycles. The van der Waals surface area contributed by atoms with E-state index in [4.69, 9.17) is 0 Å². The van der Waals surface area contributed by atoms with Crippen LogP contribution >= 0.6 is 0 Å². The highest BCUT2D eigenvalue weighted by molar-refractivity contribution is 6.13. The largest absolute Gasteiger partial charge is 0.383 e. The van der Waals surface area contributed by atoms with Crippen molar-refractivity contribution < 1.29 is 9.59 Å². The summed E-state index contributed by atoms with van der Waals surface area (Å²) in [7, 11) is 3.68. The Balaban J connectivity index is 2.15. The van der Waals surface area contributed by atoms with Gasteiger partial charge in [-0.15, -0.1) is 0 Å². The molecule has 0 N–H and O–H groups in total. The van der Waals surface area contributed by atoms with Crippen LogP contribution < -0.4 is 0 Å². The third-order valence-corrected chi connectivity index (χ3v) is 2.76. The molecule has 1 heterocycles. The van der Waals surface area contributed by atoms with Crippen LogP contribution in [0.1, 0.15) is 12.0 Å². The maximum Gasteiger partial charge on any atom is 0.258 e. The second kappa shape index (κ2) is 5.04. The molecule has 0 spiro atoms. The average Bonchev–Trinajstić information content (AvgIpc) is 2.58. The molecule has 1 aliphatic heterocycles. The first-order valence-electron chi connectivity index (χ1n) is 5.83. The standard InChI is InChI=1S/C14H16N2O2/c1-15(2)10-12-8-13(17)16(14(12)18)9-11-6-4-3-5-7-11/h3-7,10H,8-9H2,1-2H3/b12-10+. The Hall–Kier alpha value is -2.10. The van der Waals surface area contributed by atoms with E-state index in [0.717, 1.165) is 5.56 Å². The minimum atomic E-state index is -0.183. The van der Waals surface area contributed by atoms with Crippen LogP contribution in [0.3, 0.4) is 0 Å². The minimum Gasteiger partial charge on any atom is -0.383 e. The molecule has 1 aliphatic rings. The molecule has 0 aliphatic carbocycles. The van der Waals surface area contributed by atoms with Crippen LogP contribution in [0.25, 0.3) is 0 Å². The average molecular weight is 244 g/mol. The molecule has 18 heavy (non-hydrogen) atoms. The Bertz CT molecular complexity index is 492. The third-order valence-electron chi connectivity index (χ3n) is 2.76. The zero-order valence-corrected chi connectivity index (χ0v) is 10.6. The van der Waals surface area contributed by atoms with Gasteiger partial charge in [-0.1, -0.05) is 30.3 Å². The number of imide groups is 1. The van der Waals surface area contributed by atoms with E-state index in [0.29, 0.717) is 12.1 Å². The van der Waals surface area contributed by atoms with Crippen molar-refractivity contribution in [3.63, 3.8) is 0 Å². The first-order valence-corrected chi connectivity index (χ1v) is 5.83. The van der Waals surface area contributed by atoms with Gasteiger partial charge >= 0.3 is 0 Å². The summed E-state index contributed by atoms with van der Waals surface area (Å²) in [5.41, 5.74) is 1.52. The van der Waals surface area contributed by atoms with E-state index in [1.807, 2.05) is 44.4 Å². The van der Waals surface area contributed by atoms with E-state index in [1.165, 1.54) is 4.90 Å². The number of hydrogen-bond acceptors (Lipinski definition) is 3. The van der Waals surface area contributed by atoms with Gasteiger partial charge in [0.05, 0.1) is 13.0 Å². The van der Waals surface area contributed by atoms with Crippen molar-refractivity contribution in [3.8, 4) is 0 Å². The van der Waals surface area contributed by atoms with Gasteiger partial charge < -0.3 is 4.90 Å². The van der Waals surface area contributed by atoms with Crippen molar-refractivity contribution in [3.05, 3.63) is 47.7 Å². The van der Waals surface area contributed by atoms with Crippen LogP contribution in [0.15, 0.2) is 42.1 Å². The van der Waals surface area contributed by atoms with Crippen molar-refractivity contribution in [2.24, 2.45) is 0 Å². The van der Waals surface area contributed by atoms with Crippen molar-refractivity contribution >= 4 is 11.8 Å². The first-order chi connectivity index (χ1) is 8.58. The predicted molar refractivity (Wildman–Crippen MR) is 68.4 cm³/mol. The predicted octanol–water partition coefficient (Wildman–Crippen LogP) is 1.39. The summed E-state index contributed by atoms with van der Waals surface area (Å²) in [5, 5.41) is 0. The topological polar surface area (TPSA) is 40.6 Å². The number of carbonyl (C=O) groups excluding carboxylic acids is 2. The molecule has 2 rings (SSSR count). The lowest BCUT2D eigenvalue weighted by molar-refractivity contribution is -0.138. The Kier molecular flexibility index (Phi) is 3.46. The van der Waals surface area contributed by atoms with E-state index in [1.54, 1.807) is 11.1 Å². The minimum absolute atomic E-state index is 0.128. The molecular formula is C14H16N2O2. The maximum atomic E-state index is 12.1. The molecule has 4 heteroatoms. The molecule has 0 aromatic heterocycles. The van der Waals surface area contributed by atoms with Crippen LogP contribution in [0.2, 0.25) is 0 Å². The third kappa shape index (κ3) is 2.59. The highest BCUT2D eigenvalue weighted by atomic mass is 16.2. The molecule has 4 nitrogen and oxygen atoms in total. The molecule has 1 saturated heterocycles. The highest BCUT2D eigenvalue weighted by Crippen LogP contribution is 2.21. The van der Waals surface area contributed by atoms with Crippen LogP contribution in [0.4, 0.5) is 0 Å². The Morgan fingerprint density at radius 1 is 1.22 bits per heavy atom. The van der Waals surface area contributed by atoms with Crippen LogP contribution in [0, 0.1) is 0 Å². The second-order valence-corrected chi connectivity index (χ2v) is 4.57. The van der Waals surface area contributed by atoms with Gasteiger partial charge in [-0.3, -0.25) is 14.5 Å². The summed E-state index contributed by atoms with van der Waals surface area (Å²) >= 11 is 0. The summed E-state index contributed by atoms with van der Waals surface area (Å²) in [4.78, 5) is 27.0. The molecule has 1 aromatic rings. The fraction of sp³-hybridized carbons (Fsp3) is 0.286. The van der Waals surface area contributed by atoms with Crippen LogP contribution in [-0.2, 0) is 16.1 Å². The normalized spacial score (nSPS) is 17.7. The van der Waals surface area contributed by atoms with Gasteiger partial charge in [-0.05, 0) is 5.56 Å². The molecule has 0 unspecified atom stereocenters. The quantitative estimate of drug-likeness (QED) is 0.596. The van der Waals surface area contributed by atoms with E-state index >= 15 is 0 Å². The lowest BCUT2D eigenvalue weighted by Gasteiger charge is -2.13. The summed E-state index contributed by atoms with van der Waals surface area (Å²) < 4.78 is 0. The second-order valence-electron chi connectivity index (χ2n) is 4.57. The van der Waals surface area contributed by atoms with E-state index in [9.17, 15) is 9.59 Å². The molecular weight excluding hydrogens is 228 g/mol. The van der Waals surface area contributed by atoms with Gasteiger partial charge in [-0.2, -0.15) is 0 Å². The van der Waals surface area contributed by atoms with Gasteiger partial charge in [0.25, 0.3) is 5.91 Å². The molecule has 1 fully saturated rings. The number of nitrogens with zero attached hydrogens (tertiary/aromatic N) is 2. The molecule has 0 atom stereocenters. The van der Waals surface area contributed by atoms with E-state index in [-0.39, 0.29) is 18.2 Å². The van der Waals surface area contributed by atoms with E-state index in [2.05, 4.69) is 0 Å². The van der Waals surface area contributed by atoms with E-state index < -0.39 is 0 Å². The van der Waals surface area contributed by atoms with Crippen molar-refractivity contribution in [2.75, 3.05) is 14.1 Å². The van der Waals surface area contributed by atoms with Crippen LogP contribution in [-0.4, -0.2) is 35.7 Å². The number of hydrogen-bond donors (Lipinski definition) is 0. The van der Waals surface area contributed by atoms with Crippen LogP contribution in [0.5, 0.6) is 0 Å². The Labute approximate surface area is 106 Å². The van der Waals surface area contributed by atoms with Crippen molar-refractivity contribution in [1.82, 2.24) is 9.80 Å². The Morgan fingerprint density at radius 3 is 2.50 bits per heavy atom. The van der Waals surface area contributed by atoms with Gasteiger partial charge in [0, 0.05) is 25.9 Å². The SMILES string of the molecule is CN(C)/C=C1\CC(=O)N(Cc2ccccc2)C1=O. The van der Waals surface area contributed by atoms with Crippen molar-refractivity contribution in [2.45, 2.75) is 13.0 Å². The summed E-state index contributed by atoms with van der Waals surface area (Å²) in [6, 6.07) is 9.53. The Morgan fingerprint density at radius 2 is 1.89 bits per heavy atom. The molecule has 94 valence electrons. The lowest BCUT2D eigenvalue weighted by Crippen LogP contribution is -2.28. The fourth-order valence-electron chi connectivity index (χ4n) is 1.96. The zero-order chi connectivity index (χ0) is 13.1. The summed E-state index contributed by atoms with van der Waals surface area (Å²) in [6.07, 6.45) is 1.91. The van der Waals surface area contributed by atoms with Crippen molar-refractivity contribution in [1.29, 1.82) is 0 Å². The number of carbonyl (C=O) groups is 2. The number of benzene rings is 1. The van der Waals surface area contributed by atoms with Gasteiger partial charge in [-0.25, -0.2) is 0 Å². The molecule has 2 amide bonds. The number of likely N-dealkylation sites (tertiary alicyclic amines) is 1. The maximum absolute atomic E-state index is 12.1. The smallest absolute Gasteiger partial charge is 0.258 e. The number of amides is 2. The first kappa shape index (κ1) is 12.4. The molecule has 0 radical (unpaired) electrons. The molecule has 0 bridgehead atoms. The zero-order valence-electron chi connectivity index (χ0n) is 10.6. The van der Waals surface area contributed by atoms with Gasteiger partial charge in [0.2, 0.25) is 5.91 Å². The van der Waals surface area contributed by atoms with Gasteiger partial charge in [0.1, 0.15) is 0 Å². The highest BCUT2D eigenvalue weighted by Gasteiger charge is 2.33. The monoisotopic (exact) mass is 244 g/mol. The number of rotatable bonds is 3. The lowest BCUT2D eigenvalue weighted by atomic mass is 10.2. The fourth-order valence-corrected chi connectivity index (χ4v) is 1.96. The van der Waals surface area contributed by atoms with Gasteiger partial charge in [0.15, 0.2) is 0 Å². The summed E-state index contributed by atoms with van der Waals surface area (Å²) in [5.74, 6) is -0.311. The summed E-state index contributed by atoms with van der Waals surface area (Å²) in [6.45, 7) is 0.350.